The molecule has 0 aromatic carbocycles. The first-order valence-electron chi connectivity index (χ1n) is 4.75. The molecule has 1 rings (SSSR count). The third kappa shape index (κ3) is 3.82. The van der Waals surface area contributed by atoms with Crippen LogP contribution in [0.2, 0.25) is 0 Å². The second-order valence-electron chi connectivity index (χ2n) is 3.28. The number of rotatable bonds is 0. The van der Waals surface area contributed by atoms with Gasteiger partial charge < -0.3 is 4.90 Å². The van der Waals surface area contributed by atoms with Gasteiger partial charge in [0.05, 0.1) is 0 Å². The second-order valence-corrected chi connectivity index (χ2v) is 3.68. The van der Waals surface area contributed by atoms with Crippen LogP contribution in [0, 0.1) is 10.8 Å². The fourth-order valence-corrected chi connectivity index (χ4v) is 1.74. The minimum absolute atomic E-state index is 0.0428. The van der Waals surface area contributed by atoms with E-state index in [0.717, 1.165) is 25.9 Å². The fraction of sp³-hybridized carbons (Fsp3) is 0.700. The normalized spacial score (nSPS) is 18.1. The molecule has 0 spiro atoms. The molecule has 1 saturated heterocycles. The summed E-state index contributed by atoms with van der Waals surface area (Å²) in [4.78, 5) is 15.7. The third-order valence-electron chi connectivity index (χ3n) is 2.30. The van der Waals surface area contributed by atoms with Crippen molar-refractivity contribution in [3.8, 4) is 10.8 Å². The van der Waals surface area contributed by atoms with Crippen LogP contribution in [0.1, 0.15) is 32.1 Å². The van der Waals surface area contributed by atoms with Crippen LogP contribution in [0.4, 0.5) is 0 Å². The monoisotopic (exact) mass is 243 g/mol. The lowest BCUT2D eigenvalue weighted by Crippen LogP contribution is -2.32. The van der Waals surface area contributed by atoms with Crippen LogP contribution in [0.5, 0.6) is 0 Å². The van der Waals surface area contributed by atoms with Gasteiger partial charge in [0.1, 0.15) is 0 Å². The van der Waals surface area contributed by atoms with Crippen molar-refractivity contribution in [2.45, 2.75) is 32.1 Å². The average molecular weight is 244 g/mol. The third-order valence-corrected chi connectivity index (χ3v) is 2.50. The molecule has 0 N–H and O–H groups in total. The molecule has 1 fully saturated rings. The van der Waals surface area contributed by atoms with E-state index in [9.17, 15) is 4.79 Å². The summed E-state index contributed by atoms with van der Waals surface area (Å²) < 4.78 is 0. The van der Waals surface area contributed by atoms with E-state index in [0.29, 0.717) is 0 Å². The Morgan fingerprint density at radius 3 is 2.15 bits per heavy atom. The van der Waals surface area contributed by atoms with E-state index in [1.807, 2.05) is 4.90 Å². The minimum atomic E-state index is -0.0428. The molecule has 0 saturated carbocycles. The number of hydrogen-bond donors (Lipinski definition) is 0. The minimum Gasteiger partial charge on any atom is -0.332 e. The standard InChI is InChI=1S/C10H14BrNO/c11-7-6-10(13)12-8-4-2-1-3-5-9-12/h1-5,8-9H2. The summed E-state index contributed by atoms with van der Waals surface area (Å²) >= 11 is 2.94. The van der Waals surface area contributed by atoms with Crippen LogP contribution in [0.15, 0.2) is 0 Å². The summed E-state index contributed by atoms with van der Waals surface area (Å²) in [7, 11) is 0. The number of carbonyl (C=O) groups excluding carboxylic acids is 1. The van der Waals surface area contributed by atoms with E-state index in [2.05, 4.69) is 26.7 Å². The topological polar surface area (TPSA) is 20.3 Å². The maximum absolute atomic E-state index is 11.4. The molecule has 1 heterocycles. The van der Waals surface area contributed by atoms with Crippen molar-refractivity contribution in [1.82, 2.24) is 4.90 Å². The molecule has 1 aliphatic rings. The van der Waals surface area contributed by atoms with Crippen LogP contribution in [-0.2, 0) is 4.79 Å². The molecule has 0 aliphatic carbocycles. The molecule has 0 radical (unpaired) electrons. The van der Waals surface area contributed by atoms with Crippen molar-refractivity contribution in [3.63, 3.8) is 0 Å². The molecule has 3 heteroatoms. The molecule has 1 amide bonds. The average Bonchev–Trinajstić information content (AvgIpc) is 2.03. The molecule has 0 bridgehead atoms. The zero-order valence-corrected chi connectivity index (χ0v) is 9.27. The van der Waals surface area contributed by atoms with E-state index in [1.165, 1.54) is 19.3 Å². The highest BCUT2D eigenvalue weighted by molar-refractivity contribution is 9.12. The van der Waals surface area contributed by atoms with Crippen LogP contribution in [-0.4, -0.2) is 23.9 Å². The van der Waals surface area contributed by atoms with Gasteiger partial charge in [0.2, 0.25) is 0 Å². The van der Waals surface area contributed by atoms with Gasteiger partial charge in [-0.1, -0.05) is 19.3 Å². The number of carbonyl (C=O) groups is 1. The van der Waals surface area contributed by atoms with Gasteiger partial charge in [-0.2, -0.15) is 0 Å². The Hall–Kier alpha value is -0.490. The summed E-state index contributed by atoms with van der Waals surface area (Å²) in [5.74, 6) is 2.47. The highest BCUT2D eigenvalue weighted by Gasteiger charge is 2.11. The van der Waals surface area contributed by atoms with E-state index in [-0.39, 0.29) is 5.91 Å². The van der Waals surface area contributed by atoms with Crippen LogP contribution in [0.25, 0.3) is 0 Å². The van der Waals surface area contributed by atoms with Gasteiger partial charge in [-0.3, -0.25) is 4.79 Å². The van der Waals surface area contributed by atoms with E-state index < -0.39 is 0 Å². The summed E-state index contributed by atoms with van der Waals surface area (Å²) in [6.07, 6.45) is 6.04. The zero-order chi connectivity index (χ0) is 9.52. The number of halogens is 1. The highest BCUT2D eigenvalue weighted by atomic mass is 79.9. The van der Waals surface area contributed by atoms with Gasteiger partial charge >= 0.3 is 0 Å². The van der Waals surface area contributed by atoms with E-state index >= 15 is 0 Å². The van der Waals surface area contributed by atoms with Crippen molar-refractivity contribution < 1.29 is 4.79 Å². The van der Waals surface area contributed by atoms with Crippen LogP contribution >= 0.6 is 15.9 Å². The predicted octanol–water partition coefficient (Wildman–Crippen LogP) is 2.13. The molecule has 1 aliphatic heterocycles. The zero-order valence-electron chi connectivity index (χ0n) is 7.68. The lowest BCUT2D eigenvalue weighted by Gasteiger charge is -2.22. The Balaban J connectivity index is 2.44. The molecular formula is C10H14BrNO. The largest absolute Gasteiger partial charge is 0.332 e. The Morgan fingerprint density at radius 1 is 1.08 bits per heavy atom. The molecule has 13 heavy (non-hydrogen) atoms. The van der Waals surface area contributed by atoms with Crippen molar-refractivity contribution >= 4 is 21.8 Å². The lowest BCUT2D eigenvalue weighted by atomic mass is 10.1. The van der Waals surface area contributed by atoms with Crippen LogP contribution in [0.3, 0.4) is 0 Å². The summed E-state index contributed by atoms with van der Waals surface area (Å²) in [5, 5.41) is 0. The van der Waals surface area contributed by atoms with Gasteiger partial charge in [0.25, 0.3) is 5.91 Å². The summed E-state index contributed by atoms with van der Waals surface area (Å²) in [6, 6.07) is 0. The molecule has 0 unspecified atom stereocenters. The Bertz CT molecular complexity index is 221. The lowest BCUT2D eigenvalue weighted by molar-refractivity contribution is -0.125. The van der Waals surface area contributed by atoms with Crippen molar-refractivity contribution in [3.05, 3.63) is 0 Å². The predicted molar refractivity (Wildman–Crippen MR) is 56.4 cm³/mol. The van der Waals surface area contributed by atoms with Gasteiger partial charge in [-0.15, -0.1) is 0 Å². The highest BCUT2D eigenvalue weighted by Crippen LogP contribution is 2.10. The van der Waals surface area contributed by atoms with Crippen molar-refractivity contribution in [1.29, 1.82) is 0 Å². The van der Waals surface area contributed by atoms with Crippen LogP contribution < -0.4 is 0 Å². The number of nitrogens with zero attached hydrogens (tertiary/aromatic N) is 1. The molecular weight excluding hydrogens is 230 g/mol. The molecule has 0 aromatic rings. The first-order valence-corrected chi connectivity index (χ1v) is 5.54. The maximum atomic E-state index is 11.4. The molecule has 72 valence electrons. The smallest absolute Gasteiger partial charge is 0.299 e. The fourth-order valence-electron chi connectivity index (χ4n) is 1.57. The molecule has 0 aromatic heterocycles. The van der Waals surface area contributed by atoms with Crippen molar-refractivity contribution in [2.24, 2.45) is 0 Å². The Morgan fingerprint density at radius 2 is 1.62 bits per heavy atom. The summed E-state index contributed by atoms with van der Waals surface area (Å²) in [5.41, 5.74) is 0. The maximum Gasteiger partial charge on any atom is 0.299 e. The first kappa shape index (κ1) is 10.6. The summed E-state index contributed by atoms with van der Waals surface area (Å²) in [6.45, 7) is 1.75. The SMILES string of the molecule is O=C(C#CBr)N1CCCCCCC1. The number of hydrogen-bond acceptors (Lipinski definition) is 1. The number of amides is 1. The molecule has 2 nitrogen and oxygen atoms in total. The van der Waals surface area contributed by atoms with Crippen molar-refractivity contribution in [2.75, 3.05) is 13.1 Å². The second kappa shape index (κ2) is 6.04. The van der Waals surface area contributed by atoms with Gasteiger partial charge in [-0.05, 0) is 17.7 Å². The number of likely N-dealkylation sites (tertiary alicyclic amines) is 1. The Labute approximate surface area is 87.8 Å². The first-order chi connectivity index (χ1) is 6.34. The van der Waals surface area contributed by atoms with E-state index in [1.54, 1.807) is 0 Å². The van der Waals surface area contributed by atoms with Gasteiger partial charge in [-0.25, -0.2) is 0 Å². The van der Waals surface area contributed by atoms with Gasteiger partial charge in [0.15, 0.2) is 0 Å². The Kier molecular flexibility index (Phi) is 4.92. The quantitative estimate of drug-likeness (QED) is 0.598. The van der Waals surface area contributed by atoms with E-state index in [4.69, 9.17) is 0 Å². The molecule has 0 atom stereocenters. The van der Waals surface area contributed by atoms with Gasteiger partial charge in [0, 0.05) is 34.9 Å².